The lowest BCUT2D eigenvalue weighted by Gasteiger charge is -2.36. The third kappa shape index (κ3) is 3.47. The lowest BCUT2D eigenvalue weighted by atomic mass is 10.1. The van der Waals surface area contributed by atoms with E-state index < -0.39 is 0 Å². The van der Waals surface area contributed by atoms with Crippen molar-refractivity contribution in [2.45, 2.75) is 33.9 Å². The van der Waals surface area contributed by atoms with E-state index in [4.69, 9.17) is 5.11 Å². The minimum absolute atomic E-state index is 0.135. The highest BCUT2D eigenvalue weighted by molar-refractivity contribution is 5.53. The van der Waals surface area contributed by atoms with Crippen molar-refractivity contribution in [3.63, 3.8) is 0 Å². The van der Waals surface area contributed by atoms with Gasteiger partial charge >= 0.3 is 0 Å². The van der Waals surface area contributed by atoms with Gasteiger partial charge in [-0.05, 0) is 32.4 Å². The van der Waals surface area contributed by atoms with Gasteiger partial charge in [0.15, 0.2) is 0 Å². The van der Waals surface area contributed by atoms with Crippen molar-refractivity contribution in [3.8, 4) is 0 Å². The first kappa shape index (κ1) is 17.0. The molecule has 0 atom stereocenters. The maximum Gasteiger partial charge on any atom is 0.0644 e. The number of benzene rings is 1. The van der Waals surface area contributed by atoms with E-state index in [1.54, 1.807) is 0 Å². The molecular formula is C19H28N4O. The van der Waals surface area contributed by atoms with Crippen LogP contribution < -0.4 is 4.90 Å². The molecule has 1 saturated heterocycles. The van der Waals surface area contributed by atoms with E-state index >= 15 is 0 Å². The fourth-order valence-corrected chi connectivity index (χ4v) is 3.56. The number of aliphatic hydroxyl groups is 1. The summed E-state index contributed by atoms with van der Waals surface area (Å²) in [5, 5.41) is 13.7. The number of hydrogen-bond donors (Lipinski definition) is 1. The average Bonchev–Trinajstić information content (AvgIpc) is 2.84. The van der Waals surface area contributed by atoms with Crippen LogP contribution >= 0.6 is 0 Å². The van der Waals surface area contributed by atoms with Gasteiger partial charge in [-0.2, -0.15) is 5.10 Å². The first-order chi connectivity index (χ1) is 11.6. The lowest BCUT2D eigenvalue weighted by Crippen LogP contribution is -2.46. The third-order valence-corrected chi connectivity index (χ3v) is 5.05. The fourth-order valence-electron chi connectivity index (χ4n) is 3.56. The molecule has 1 aliphatic heterocycles. The van der Waals surface area contributed by atoms with Gasteiger partial charge in [-0.15, -0.1) is 0 Å². The summed E-state index contributed by atoms with van der Waals surface area (Å²) in [6.45, 7) is 12.3. The van der Waals surface area contributed by atoms with Crippen molar-refractivity contribution in [3.05, 3.63) is 46.8 Å². The van der Waals surface area contributed by atoms with E-state index in [-0.39, 0.29) is 6.61 Å². The Kier molecular flexibility index (Phi) is 5.21. The van der Waals surface area contributed by atoms with Crippen LogP contribution in [0, 0.1) is 20.8 Å². The van der Waals surface area contributed by atoms with Crippen molar-refractivity contribution in [2.75, 3.05) is 37.7 Å². The number of hydrogen-bond acceptors (Lipinski definition) is 4. The Morgan fingerprint density at radius 1 is 1.04 bits per heavy atom. The number of anilines is 1. The van der Waals surface area contributed by atoms with Gasteiger partial charge in [0.05, 0.1) is 18.8 Å². The Bertz CT molecular complexity index is 687. The second kappa shape index (κ2) is 7.36. The fraction of sp³-hybridized carbons (Fsp3) is 0.526. The second-order valence-corrected chi connectivity index (χ2v) is 6.65. The lowest BCUT2D eigenvalue weighted by molar-refractivity contribution is 0.248. The molecule has 1 aliphatic rings. The van der Waals surface area contributed by atoms with E-state index in [0.29, 0.717) is 6.54 Å². The molecule has 24 heavy (non-hydrogen) atoms. The van der Waals surface area contributed by atoms with Gasteiger partial charge in [0.2, 0.25) is 0 Å². The largest absolute Gasteiger partial charge is 0.394 e. The molecule has 0 amide bonds. The molecule has 0 spiro atoms. The Morgan fingerprint density at radius 3 is 2.42 bits per heavy atom. The maximum absolute atomic E-state index is 9.15. The highest BCUT2D eigenvalue weighted by atomic mass is 16.3. The first-order valence-electron chi connectivity index (χ1n) is 8.77. The van der Waals surface area contributed by atoms with Crippen LogP contribution in [0.3, 0.4) is 0 Å². The van der Waals surface area contributed by atoms with Gasteiger partial charge in [-0.25, -0.2) is 0 Å². The number of rotatable bonds is 5. The van der Waals surface area contributed by atoms with E-state index in [0.717, 1.165) is 38.4 Å². The van der Waals surface area contributed by atoms with Gasteiger partial charge in [0, 0.05) is 49.7 Å². The Morgan fingerprint density at radius 2 is 1.75 bits per heavy atom. The van der Waals surface area contributed by atoms with Gasteiger partial charge < -0.3 is 10.0 Å². The summed E-state index contributed by atoms with van der Waals surface area (Å²) < 4.78 is 1.92. The minimum Gasteiger partial charge on any atom is -0.394 e. The molecule has 5 heteroatoms. The number of para-hydroxylation sites is 1. The van der Waals surface area contributed by atoms with Crippen molar-refractivity contribution in [2.24, 2.45) is 0 Å². The average molecular weight is 328 g/mol. The van der Waals surface area contributed by atoms with Crippen molar-refractivity contribution < 1.29 is 5.11 Å². The quantitative estimate of drug-likeness (QED) is 0.913. The molecule has 3 rings (SSSR count). The summed E-state index contributed by atoms with van der Waals surface area (Å²) in [7, 11) is 0. The molecule has 0 saturated carbocycles. The van der Waals surface area contributed by atoms with Crippen LogP contribution in [-0.4, -0.2) is 52.6 Å². The van der Waals surface area contributed by atoms with Gasteiger partial charge in [0.25, 0.3) is 0 Å². The summed E-state index contributed by atoms with van der Waals surface area (Å²) >= 11 is 0. The van der Waals surface area contributed by atoms with Crippen molar-refractivity contribution in [1.82, 2.24) is 14.7 Å². The summed E-state index contributed by atoms with van der Waals surface area (Å²) in [4.78, 5) is 5.00. The van der Waals surface area contributed by atoms with Crippen LogP contribution in [0.2, 0.25) is 0 Å². The highest BCUT2D eigenvalue weighted by Gasteiger charge is 2.21. The number of aryl methyl sites for hydroxylation is 2. The number of nitrogens with zero attached hydrogens (tertiary/aromatic N) is 4. The normalized spacial score (nSPS) is 15.9. The molecule has 2 aromatic rings. The molecule has 2 heterocycles. The van der Waals surface area contributed by atoms with Crippen molar-refractivity contribution in [1.29, 1.82) is 0 Å². The standard InChI is InChI=1S/C19H28N4O/c1-15-6-4-5-7-19(15)22-10-8-21(9-11-22)14-18-16(2)20-23(12-13-24)17(18)3/h4-7,24H,8-14H2,1-3H3. The Labute approximate surface area is 144 Å². The molecule has 5 nitrogen and oxygen atoms in total. The van der Waals surface area contributed by atoms with Crippen LogP contribution in [-0.2, 0) is 13.1 Å². The zero-order valence-corrected chi connectivity index (χ0v) is 15.0. The maximum atomic E-state index is 9.15. The SMILES string of the molecule is Cc1ccccc1N1CCN(Cc2c(C)nn(CCO)c2C)CC1. The zero-order valence-electron chi connectivity index (χ0n) is 15.0. The molecule has 1 aromatic heterocycles. The van der Waals surface area contributed by atoms with Gasteiger partial charge in [-0.1, -0.05) is 18.2 Å². The predicted octanol–water partition coefficient (Wildman–Crippen LogP) is 2.12. The molecular weight excluding hydrogens is 300 g/mol. The van der Waals surface area contributed by atoms with Crippen LogP contribution in [0.1, 0.15) is 22.5 Å². The summed E-state index contributed by atoms with van der Waals surface area (Å²) in [5.74, 6) is 0. The van der Waals surface area contributed by atoms with Crippen LogP contribution in [0.5, 0.6) is 0 Å². The predicted molar refractivity (Wildman–Crippen MR) is 97.5 cm³/mol. The summed E-state index contributed by atoms with van der Waals surface area (Å²) in [6, 6.07) is 8.63. The molecule has 130 valence electrons. The molecule has 0 aliphatic carbocycles. The summed E-state index contributed by atoms with van der Waals surface area (Å²) in [6.07, 6.45) is 0. The van der Waals surface area contributed by atoms with E-state index in [9.17, 15) is 0 Å². The smallest absolute Gasteiger partial charge is 0.0644 e. The van der Waals surface area contributed by atoms with E-state index in [1.165, 1.54) is 22.5 Å². The summed E-state index contributed by atoms with van der Waals surface area (Å²) in [5.41, 5.74) is 6.29. The number of aliphatic hydroxyl groups excluding tert-OH is 1. The third-order valence-electron chi connectivity index (χ3n) is 5.05. The molecule has 0 radical (unpaired) electrons. The van der Waals surface area contributed by atoms with Crippen LogP contribution in [0.4, 0.5) is 5.69 Å². The monoisotopic (exact) mass is 328 g/mol. The van der Waals surface area contributed by atoms with Gasteiger partial charge in [0.1, 0.15) is 0 Å². The van der Waals surface area contributed by atoms with E-state index in [2.05, 4.69) is 59.9 Å². The van der Waals surface area contributed by atoms with E-state index in [1.807, 2.05) is 4.68 Å². The number of aromatic nitrogens is 2. The second-order valence-electron chi connectivity index (χ2n) is 6.65. The Balaban J connectivity index is 1.63. The van der Waals surface area contributed by atoms with Gasteiger partial charge in [-0.3, -0.25) is 9.58 Å². The molecule has 1 N–H and O–H groups in total. The van der Waals surface area contributed by atoms with Crippen LogP contribution in [0.25, 0.3) is 0 Å². The molecule has 1 aromatic carbocycles. The minimum atomic E-state index is 0.135. The molecule has 1 fully saturated rings. The topological polar surface area (TPSA) is 44.5 Å². The highest BCUT2D eigenvalue weighted by Crippen LogP contribution is 2.22. The molecule has 0 unspecified atom stereocenters. The first-order valence-corrected chi connectivity index (χ1v) is 8.77. The Hall–Kier alpha value is -1.85. The zero-order chi connectivity index (χ0) is 17.1. The van der Waals surface area contributed by atoms with Crippen molar-refractivity contribution >= 4 is 5.69 Å². The number of piperazine rings is 1. The molecule has 0 bridgehead atoms. The van der Waals surface area contributed by atoms with Crippen LogP contribution in [0.15, 0.2) is 24.3 Å².